The van der Waals surface area contributed by atoms with Crippen LogP contribution >= 0.6 is 0 Å². The van der Waals surface area contributed by atoms with Gasteiger partial charge in [0.25, 0.3) is 0 Å². The van der Waals surface area contributed by atoms with Crippen LogP contribution < -0.4 is 0 Å². The van der Waals surface area contributed by atoms with Crippen molar-refractivity contribution in [1.29, 1.82) is 0 Å². The van der Waals surface area contributed by atoms with Gasteiger partial charge in [0.05, 0.1) is 0 Å². The molecule has 0 atom stereocenters. The normalized spacial score (nSPS) is 22.9. The molecule has 2 aliphatic heterocycles. The lowest BCUT2D eigenvalue weighted by atomic mass is 10.3. The number of hydrogen-bond donors (Lipinski definition) is 0. The zero-order chi connectivity index (χ0) is 9.52. The second kappa shape index (κ2) is 5.95. The summed E-state index contributed by atoms with van der Waals surface area (Å²) < 4.78 is 0. The average Bonchev–Trinajstić information content (AvgIpc) is 2.58. The van der Waals surface area contributed by atoms with Crippen molar-refractivity contribution in [3.63, 3.8) is 0 Å². The highest BCUT2D eigenvalue weighted by Crippen LogP contribution is 1.95. The molecule has 0 aromatic rings. The van der Waals surface area contributed by atoms with Crippen molar-refractivity contribution in [2.24, 2.45) is 0 Å². The molecule has 2 aliphatic rings. The van der Waals surface area contributed by atoms with Crippen LogP contribution in [-0.4, -0.2) is 50.1 Å². The predicted molar refractivity (Wildman–Crippen MR) is 57.9 cm³/mol. The molecule has 0 aromatic carbocycles. The number of rotatable bonds is 0. The average molecular weight is 180 g/mol. The first-order valence-corrected chi connectivity index (χ1v) is 4.96. The molecule has 0 aromatic heterocycles. The van der Waals surface area contributed by atoms with Crippen LogP contribution in [0.4, 0.5) is 0 Å². The third-order valence-electron chi connectivity index (χ3n) is 2.26. The highest BCUT2D eigenvalue weighted by atomic mass is 15.1. The van der Waals surface area contributed by atoms with E-state index in [-0.39, 0.29) is 0 Å². The summed E-state index contributed by atoms with van der Waals surface area (Å²) in [5.41, 5.74) is 0. The molecule has 13 heavy (non-hydrogen) atoms. The van der Waals surface area contributed by atoms with Crippen LogP contribution in [0.15, 0.2) is 24.3 Å². The van der Waals surface area contributed by atoms with Gasteiger partial charge < -0.3 is 4.90 Å². The minimum atomic E-state index is 1.14. The molecule has 2 heteroatoms. The maximum absolute atomic E-state index is 2.31. The molecule has 2 heterocycles. The van der Waals surface area contributed by atoms with Gasteiger partial charge in [0, 0.05) is 26.2 Å². The van der Waals surface area contributed by atoms with E-state index in [1.165, 1.54) is 13.0 Å². The zero-order valence-electron chi connectivity index (χ0n) is 8.74. The van der Waals surface area contributed by atoms with E-state index >= 15 is 0 Å². The first-order chi connectivity index (χ1) is 6.29. The fourth-order valence-corrected chi connectivity index (χ4v) is 1.34. The Bertz CT molecular complexity index is 177. The maximum Gasteiger partial charge on any atom is 0.0163 e. The molecular formula is C11H20N2. The smallest absolute Gasteiger partial charge is 0.0163 e. The summed E-state index contributed by atoms with van der Waals surface area (Å²) in [6.07, 6.45) is 10.0. The number of likely N-dealkylation sites (N-methyl/N-ethyl adjacent to an activating group) is 2. The molecule has 0 fully saturated rings. The largest absolute Gasteiger partial charge is 0.302 e. The minimum Gasteiger partial charge on any atom is -0.302 e. The molecule has 0 saturated carbocycles. The van der Waals surface area contributed by atoms with Gasteiger partial charge in [-0.1, -0.05) is 24.3 Å². The van der Waals surface area contributed by atoms with Gasteiger partial charge in [0.15, 0.2) is 0 Å². The summed E-state index contributed by atoms with van der Waals surface area (Å²) in [5.74, 6) is 0. The van der Waals surface area contributed by atoms with E-state index in [2.05, 4.69) is 48.2 Å². The van der Waals surface area contributed by atoms with Gasteiger partial charge in [-0.2, -0.15) is 0 Å². The van der Waals surface area contributed by atoms with Gasteiger partial charge in [-0.05, 0) is 20.5 Å². The molecule has 0 radical (unpaired) electrons. The van der Waals surface area contributed by atoms with Crippen LogP contribution in [0.2, 0.25) is 0 Å². The third-order valence-corrected chi connectivity index (χ3v) is 2.26. The predicted octanol–water partition coefficient (Wildman–Crippen LogP) is 1.37. The van der Waals surface area contributed by atoms with Crippen molar-refractivity contribution in [2.45, 2.75) is 6.42 Å². The molecule has 2 rings (SSSR count). The Hall–Kier alpha value is -0.600. The Morgan fingerprint density at radius 2 is 1.31 bits per heavy atom. The van der Waals surface area contributed by atoms with Crippen molar-refractivity contribution in [1.82, 2.24) is 9.80 Å². The van der Waals surface area contributed by atoms with Crippen LogP contribution in [0.25, 0.3) is 0 Å². The van der Waals surface area contributed by atoms with Crippen molar-refractivity contribution < 1.29 is 0 Å². The lowest BCUT2D eigenvalue weighted by Crippen LogP contribution is -2.21. The lowest BCUT2D eigenvalue weighted by Gasteiger charge is -2.15. The van der Waals surface area contributed by atoms with Crippen molar-refractivity contribution >= 4 is 0 Å². The molecule has 0 amide bonds. The highest BCUT2D eigenvalue weighted by molar-refractivity contribution is 4.93. The van der Waals surface area contributed by atoms with Gasteiger partial charge in [0.2, 0.25) is 0 Å². The monoisotopic (exact) mass is 180 g/mol. The van der Waals surface area contributed by atoms with Gasteiger partial charge in [-0.15, -0.1) is 0 Å². The summed E-state index contributed by atoms with van der Waals surface area (Å²) in [4.78, 5) is 4.56. The van der Waals surface area contributed by atoms with Crippen molar-refractivity contribution in [2.75, 3.05) is 40.3 Å². The molecule has 0 saturated heterocycles. The van der Waals surface area contributed by atoms with Crippen LogP contribution in [0, 0.1) is 0 Å². The van der Waals surface area contributed by atoms with Crippen LogP contribution in [0.5, 0.6) is 0 Å². The summed E-state index contributed by atoms with van der Waals surface area (Å²) in [6.45, 7) is 4.65. The van der Waals surface area contributed by atoms with E-state index in [1.54, 1.807) is 0 Å². The van der Waals surface area contributed by atoms with Crippen molar-refractivity contribution in [3.05, 3.63) is 24.3 Å². The Morgan fingerprint density at radius 3 is 1.54 bits per heavy atom. The van der Waals surface area contributed by atoms with E-state index in [0.29, 0.717) is 0 Å². The molecular weight excluding hydrogens is 160 g/mol. The molecule has 2 nitrogen and oxygen atoms in total. The second-order valence-electron chi connectivity index (χ2n) is 3.71. The molecule has 0 aliphatic carbocycles. The van der Waals surface area contributed by atoms with Crippen LogP contribution in [-0.2, 0) is 0 Å². The van der Waals surface area contributed by atoms with Crippen LogP contribution in [0.1, 0.15) is 6.42 Å². The third kappa shape index (κ3) is 4.86. The van der Waals surface area contributed by atoms with E-state index in [1.807, 2.05) is 0 Å². The first-order valence-electron chi connectivity index (χ1n) is 4.96. The van der Waals surface area contributed by atoms with Gasteiger partial charge in [-0.25, -0.2) is 0 Å². The molecule has 0 spiro atoms. The van der Waals surface area contributed by atoms with E-state index < -0.39 is 0 Å². The fourth-order valence-electron chi connectivity index (χ4n) is 1.34. The quantitative estimate of drug-likeness (QED) is 0.519. The van der Waals surface area contributed by atoms with Crippen LogP contribution in [0.3, 0.4) is 0 Å². The summed E-state index contributed by atoms with van der Waals surface area (Å²) in [5, 5.41) is 0. The SMILES string of the molecule is CN1CC=CC1.CN1CC=CCC1. The van der Waals surface area contributed by atoms with Gasteiger partial charge in [0.1, 0.15) is 0 Å². The summed E-state index contributed by atoms with van der Waals surface area (Å²) in [6, 6.07) is 0. The Labute approximate surface area is 81.5 Å². The Balaban J connectivity index is 0.000000132. The fraction of sp³-hybridized carbons (Fsp3) is 0.636. The summed E-state index contributed by atoms with van der Waals surface area (Å²) >= 11 is 0. The molecule has 0 unspecified atom stereocenters. The standard InChI is InChI=1S/C6H11N.C5H9N/c1-7-5-3-2-4-6-7;1-6-4-2-3-5-6/h2-3H,4-6H2,1H3;2-3H,4-5H2,1H3. The van der Waals surface area contributed by atoms with E-state index in [9.17, 15) is 0 Å². The molecule has 0 bridgehead atoms. The summed E-state index contributed by atoms with van der Waals surface area (Å²) in [7, 11) is 4.25. The topological polar surface area (TPSA) is 6.48 Å². The van der Waals surface area contributed by atoms with Gasteiger partial charge in [-0.3, -0.25) is 4.90 Å². The number of nitrogens with zero attached hydrogens (tertiary/aromatic N) is 2. The van der Waals surface area contributed by atoms with Gasteiger partial charge >= 0.3 is 0 Å². The maximum atomic E-state index is 2.31. The second-order valence-corrected chi connectivity index (χ2v) is 3.71. The number of hydrogen-bond acceptors (Lipinski definition) is 2. The molecule has 74 valence electrons. The molecule has 0 N–H and O–H groups in total. The highest BCUT2D eigenvalue weighted by Gasteiger charge is 1.95. The zero-order valence-corrected chi connectivity index (χ0v) is 8.74. The Kier molecular flexibility index (Phi) is 4.79. The minimum absolute atomic E-state index is 1.14. The lowest BCUT2D eigenvalue weighted by molar-refractivity contribution is 0.366. The first kappa shape index (κ1) is 10.5. The van der Waals surface area contributed by atoms with E-state index in [4.69, 9.17) is 0 Å². The Morgan fingerprint density at radius 1 is 0.769 bits per heavy atom. The van der Waals surface area contributed by atoms with Crippen molar-refractivity contribution in [3.8, 4) is 0 Å². The van der Waals surface area contributed by atoms with E-state index in [0.717, 1.165) is 19.6 Å².